The predicted octanol–water partition coefficient (Wildman–Crippen LogP) is 0.650. The summed E-state index contributed by atoms with van der Waals surface area (Å²) in [6, 6.07) is 0. The molecule has 0 amide bonds. The average molecular weight is 210 g/mol. The lowest BCUT2D eigenvalue weighted by Gasteiger charge is -2.36. The summed E-state index contributed by atoms with van der Waals surface area (Å²) in [5.41, 5.74) is -0.238. The van der Waals surface area contributed by atoms with E-state index in [2.05, 4.69) is 5.32 Å². The standard InChI is InChI=1S/C8H15NO3.ClH/c1-8(2)5-9-4-6(12-8)3-7(10)11;/h6,9H,3-5H2,1-2H3,(H,10,11);1H. The summed E-state index contributed by atoms with van der Waals surface area (Å²) in [5, 5.41) is 11.7. The van der Waals surface area contributed by atoms with Gasteiger partial charge in [-0.3, -0.25) is 4.79 Å². The average Bonchev–Trinajstić information content (AvgIpc) is 1.82. The highest BCUT2D eigenvalue weighted by Gasteiger charge is 2.29. The molecule has 0 radical (unpaired) electrons. The van der Waals surface area contributed by atoms with Gasteiger partial charge in [-0.15, -0.1) is 12.4 Å². The number of hydrogen-bond donors (Lipinski definition) is 2. The van der Waals surface area contributed by atoms with Gasteiger partial charge in [-0.25, -0.2) is 0 Å². The third-order valence-corrected chi connectivity index (χ3v) is 1.81. The summed E-state index contributed by atoms with van der Waals surface area (Å²) in [6.45, 7) is 5.32. The molecule has 1 rings (SSSR count). The van der Waals surface area contributed by atoms with Crippen LogP contribution in [-0.2, 0) is 9.53 Å². The van der Waals surface area contributed by atoms with Gasteiger partial charge in [0, 0.05) is 13.1 Å². The summed E-state index contributed by atoms with van der Waals surface area (Å²) in [5.74, 6) is -0.806. The van der Waals surface area contributed by atoms with Crippen molar-refractivity contribution in [2.45, 2.75) is 32.0 Å². The van der Waals surface area contributed by atoms with Crippen LogP contribution in [0.4, 0.5) is 0 Å². The molecule has 0 aromatic rings. The van der Waals surface area contributed by atoms with Crippen molar-refractivity contribution in [2.24, 2.45) is 0 Å². The second-order valence-corrected chi connectivity index (χ2v) is 3.73. The number of rotatable bonds is 2. The third-order valence-electron chi connectivity index (χ3n) is 1.81. The number of carbonyl (C=O) groups is 1. The van der Waals surface area contributed by atoms with Crippen molar-refractivity contribution >= 4 is 18.4 Å². The zero-order valence-corrected chi connectivity index (χ0v) is 8.69. The second kappa shape index (κ2) is 4.79. The first-order valence-electron chi connectivity index (χ1n) is 4.10. The number of nitrogens with one attached hydrogen (secondary N) is 1. The van der Waals surface area contributed by atoms with Crippen LogP contribution in [0.15, 0.2) is 0 Å². The van der Waals surface area contributed by atoms with Crippen LogP contribution < -0.4 is 5.32 Å². The highest BCUT2D eigenvalue weighted by Crippen LogP contribution is 2.16. The summed E-state index contributed by atoms with van der Waals surface area (Å²) >= 11 is 0. The molecule has 5 heteroatoms. The van der Waals surface area contributed by atoms with Gasteiger partial charge in [0.25, 0.3) is 0 Å². The summed E-state index contributed by atoms with van der Waals surface area (Å²) in [6.07, 6.45) is -0.109. The van der Waals surface area contributed by atoms with Crippen molar-refractivity contribution < 1.29 is 14.6 Å². The smallest absolute Gasteiger partial charge is 0.306 e. The molecule has 1 fully saturated rings. The molecule has 1 heterocycles. The minimum Gasteiger partial charge on any atom is -0.481 e. The monoisotopic (exact) mass is 209 g/mol. The van der Waals surface area contributed by atoms with Crippen LogP contribution in [0.3, 0.4) is 0 Å². The van der Waals surface area contributed by atoms with Gasteiger partial charge in [0.05, 0.1) is 18.1 Å². The van der Waals surface area contributed by atoms with E-state index in [4.69, 9.17) is 9.84 Å². The van der Waals surface area contributed by atoms with Crippen molar-refractivity contribution in [2.75, 3.05) is 13.1 Å². The Morgan fingerprint density at radius 2 is 2.31 bits per heavy atom. The van der Waals surface area contributed by atoms with Gasteiger partial charge < -0.3 is 15.2 Å². The first-order chi connectivity index (χ1) is 5.49. The molecule has 0 saturated carbocycles. The highest BCUT2D eigenvalue weighted by molar-refractivity contribution is 5.85. The van der Waals surface area contributed by atoms with Crippen molar-refractivity contribution in [1.29, 1.82) is 0 Å². The van der Waals surface area contributed by atoms with Gasteiger partial charge in [-0.2, -0.15) is 0 Å². The Balaban J connectivity index is 0.00000144. The molecular weight excluding hydrogens is 194 g/mol. The number of morpholine rings is 1. The fourth-order valence-electron chi connectivity index (χ4n) is 1.38. The summed E-state index contributed by atoms with van der Waals surface area (Å²) in [7, 11) is 0. The van der Waals surface area contributed by atoms with Crippen LogP contribution in [-0.4, -0.2) is 35.9 Å². The molecule has 1 atom stereocenters. The van der Waals surface area contributed by atoms with Gasteiger partial charge in [0.15, 0.2) is 0 Å². The number of ether oxygens (including phenoxy) is 1. The maximum Gasteiger partial charge on any atom is 0.306 e. The van der Waals surface area contributed by atoms with Gasteiger partial charge in [-0.05, 0) is 13.8 Å². The molecule has 2 N–H and O–H groups in total. The zero-order valence-electron chi connectivity index (χ0n) is 7.87. The Kier molecular flexibility index (Phi) is 4.67. The van der Waals surface area contributed by atoms with E-state index in [0.29, 0.717) is 6.54 Å². The minimum absolute atomic E-state index is 0. The number of aliphatic carboxylic acids is 1. The molecule has 1 saturated heterocycles. The van der Waals surface area contributed by atoms with E-state index in [1.807, 2.05) is 13.8 Å². The highest BCUT2D eigenvalue weighted by atomic mass is 35.5. The van der Waals surface area contributed by atoms with Crippen LogP contribution in [0.5, 0.6) is 0 Å². The van der Waals surface area contributed by atoms with Crippen molar-refractivity contribution in [1.82, 2.24) is 5.32 Å². The molecule has 0 spiro atoms. The van der Waals surface area contributed by atoms with Gasteiger partial charge >= 0.3 is 5.97 Å². The van der Waals surface area contributed by atoms with E-state index in [0.717, 1.165) is 6.54 Å². The normalized spacial score (nSPS) is 26.2. The number of carboxylic acid groups (broad SMARTS) is 1. The quantitative estimate of drug-likeness (QED) is 0.701. The van der Waals surface area contributed by atoms with E-state index in [-0.39, 0.29) is 30.5 Å². The van der Waals surface area contributed by atoms with E-state index in [9.17, 15) is 4.79 Å². The molecular formula is C8H16ClNO3. The molecule has 0 bridgehead atoms. The fourth-order valence-corrected chi connectivity index (χ4v) is 1.38. The lowest BCUT2D eigenvalue weighted by molar-refractivity contribution is -0.146. The number of halogens is 1. The Labute approximate surface area is 84.1 Å². The van der Waals surface area contributed by atoms with E-state index < -0.39 is 5.97 Å². The maximum atomic E-state index is 10.4. The topological polar surface area (TPSA) is 58.6 Å². The Hall–Kier alpha value is -0.320. The van der Waals surface area contributed by atoms with Crippen LogP contribution in [0, 0.1) is 0 Å². The molecule has 1 aliphatic heterocycles. The molecule has 1 aliphatic rings. The van der Waals surface area contributed by atoms with E-state index in [1.54, 1.807) is 0 Å². The fraction of sp³-hybridized carbons (Fsp3) is 0.875. The Morgan fingerprint density at radius 1 is 1.69 bits per heavy atom. The third kappa shape index (κ3) is 4.45. The molecule has 0 aromatic carbocycles. The Morgan fingerprint density at radius 3 is 2.77 bits per heavy atom. The summed E-state index contributed by atoms with van der Waals surface area (Å²) in [4.78, 5) is 10.4. The molecule has 78 valence electrons. The maximum absolute atomic E-state index is 10.4. The Bertz CT molecular complexity index is 184. The SMILES string of the molecule is CC1(C)CNCC(CC(=O)O)O1.Cl. The van der Waals surface area contributed by atoms with Crippen molar-refractivity contribution in [3.8, 4) is 0 Å². The predicted molar refractivity (Wildman–Crippen MR) is 51.3 cm³/mol. The molecule has 1 unspecified atom stereocenters. The van der Waals surface area contributed by atoms with Gasteiger partial charge in [-0.1, -0.05) is 0 Å². The largest absolute Gasteiger partial charge is 0.481 e. The number of hydrogen-bond acceptors (Lipinski definition) is 3. The summed E-state index contributed by atoms with van der Waals surface area (Å²) < 4.78 is 5.54. The number of carboxylic acids is 1. The first kappa shape index (κ1) is 12.7. The van der Waals surface area contributed by atoms with Crippen LogP contribution >= 0.6 is 12.4 Å². The van der Waals surface area contributed by atoms with Crippen molar-refractivity contribution in [3.05, 3.63) is 0 Å². The van der Waals surface area contributed by atoms with Crippen LogP contribution in [0.25, 0.3) is 0 Å². The molecule has 13 heavy (non-hydrogen) atoms. The lowest BCUT2D eigenvalue weighted by Crippen LogP contribution is -2.50. The minimum atomic E-state index is -0.806. The molecule has 4 nitrogen and oxygen atoms in total. The van der Waals surface area contributed by atoms with Crippen molar-refractivity contribution in [3.63, 3.8) is 0 Å². The first-order valence-corrected chi connectivity index (χ1v) is 4.10. The van der Waals surface area contributed by atoms with Gasteiger partial charge in [0.1, 0.15) is 0 Å². The lowest BCUT2D eigenvalue weighted by atomic mass is 10.1. The molecule has 0 aliphatic carbocycles. The molecule has 0 aromatic heterocycles. The zero-order chi connectivity index (χ0) is 9.19. The van der Waals surface area contributed by atoms with Gasteiger partial charge in [0.2, 0.25) is 0 Å². The van der Waals surface area contributed by atoms with E-state index in [1.165, 1.54) is 0 Å². The van der Waals surface area contributed by atoms with E-state index >= 15 is 0 Å². The van der Waals surface area contributed by atoms with Crippen LogP contribution in [0.1, 0.15) is 20.3 Å². The van der Waals surface area contributed by atoms with Crippen LogP contribution in [0.2, 0.25) is 0 Å². The second-order valence-electron chi connectivity index (χ2n) is 3.73.